The standard InChI is InChI=1S/C17H21BrN4O/c1-12-16(17(23)21(2)14-6-8-19-9-7-14)11-20-22(12)15-5-3-4-13(18)10-15/h3-5,10-11,14,19H,6-9H2,1-2H3. The highest BCUT2D eigenvalue weighted by molar-refractivity contribution is 9.10. The molecule has 1 amide bonds. The van der Waals surface area contributed by atoms with Crippen LogP contribution in [0.2, 0.25) is 0 Å². The van der Waals surface area contributed by atoms with Crippen LogP contribution in [0, 0.1) is 6.92 Å². The first-order chi connectivity index (χ1) is 11.1. The van der Waals surface area contributed by atoms with Crippen molar-refractivity contribution >= 4 is 21.8 Å². The normalized spacial score (nSPS) is 15.6. The SMILES string of the molecule is Cc1c(C(=O)N(C)C2CCNCC2)cnn1-c1cccc(Br)c1. The van der Waals surface area contributed by atoms with Crippen molar-refractivity contribution in [1.82, 2.24) is 20.0 Å². The van der Waals surface area contributed by atoms with E-state index in [0.717, 1.165) is 41.8 Å². The lowest BCUT2D eigenvalue weighted by Gasteiger charge is -2.31. The van der Waals surface area contributed by atoms with Crippen molar-refractivity contribution in [2.24, 2.45) is 0 Å². The number of carbonyl (C=O) groups is 1. The Kier molecular flexibility index (Phi) is 4.82. The highest BCUT2D eigenvalue weighted by atomic mass is 79.9. The van der Waals surface area contributed by atoms with Crippen LogP contribution in [-0.4, -0.2) is 46.8 Å². The smallest absolute Gasteiger partial charge is 0.257 e. The Morgan fingerprint density at radius 3 is 2.83 bits per heavy atom. The number of rotatable bonds is 3. The molecular weight excluding hydrogens is 356 g/mol. The van der Waals surface area contributed by atoms with Gasteiger partial charge in [0.15, 0.2) is 0 Å². The lowest BCUT2D eigenvalue weighted by molar-refractivity contribution is 0.0702. The maximum atomic E-state index is 12.8. The van der Waals surface area contributed by atoms with Crippen LogP contribution in [-0.2, 0) is 0 Å². The molecule has 5 nitrogen and oxygen atoms in total. The molecule has 122 valence electrons. The Hall–Kier alpha value is -1.66. The molecule has 0 spiro atoms. The van der Waals surface area contributed by atoms with E-state index < -0.39 is 0 Å². The van der Waals surface area contributed by atoms with Crippen LogP contribution in [0.3, 0.4) is 0 Å². The fourth-order valence-corrected chi connectivity index (χ4v) is 3.42. The van der Waals surface area contributed by atoms with Gasteiger partial charge in [-0.3, -0.25) is 4.79 Å². The van der Waals surface area contributed by atoms with Crippen LogP contribution in [0.25, 0.3) is 5.69 Å². The number of benzene rings is 1. The number of nitrogens with zero attached hydrogens (tertiary/aromatic N) is 3. The number of piperidine rings is 1. The van der Waals surface area contributed by atoms with E-state index in [9.17, 15) is 4.79 Å². The molecule has 2 aromatic rings. The molecule has 0 atom stereocenters. The molecule has 0 unspecified atom stereocenters. The second-order valence-corrected chi connectivity index (χ2v) is 6.85. The zero-order valence-electron chi connectivity index (χ0n) is 13.4. The molecule has 0 radical (unpaired) electrons. The van der Waals surface area contributed by atoms with Crippen LogP contribution in [0.4, 0.5) is 0 Å². The van der Waals surface area contributed by atoms with Crippen molar-refractivity contribution in [3.8, 4) is 5.69 Å². The van der Waals surface area contributed by atoms with Crippen LogP contribution >= 0.6 is 15.9 Å². The van der Waals surface area contributed by atoms with Crippen molar-refractivity contribution in [3.63, 3.8) is 0 Å². The van der Waals surface area contributed by atoms with Crippen molar-refractivity contribution in [2.75, 3.05) is 20.1 Å². The zero-order chi connectivity index (χ0) is 16.4. The highest BCUT2D eigenvalue weighted by Crippen LogP contribution is 2.20. The second-order valence-electron chi connectivity index (χ2n) is 5.93. The molecular formula is C17H21BrN4O. The zero-order valence-corrected chi connectivity index (χ0v) is 15.0. The van der Waals surface area contributed by atoms with E-state index >= 15 is 0 Å². The van der Waals surface area contributed by atoms with Crippen LogP contribution in [0.1, 0.15) is 28.9 Å². The quantitative estimate of drug-likeness (QED) is 0.895. The van der Waals surface area contributed by atoms with Crippen LogP contribution < -0.4 is 5.32 Å². The first kappa shape index (κ1) is 16.2. The van der Waals surface area contributed by atoms with Gasteiger partial charge in [0.1, 0.15) is 0 Å². The van der Waals surface area contributed by atoms with E-state index in [0.29, 0.717) is 11.6 Å². The van der Waals surface area contributed by atoms with Crippen molar-refractivity contribution in [3.05, 3.63) is 46.2 Å². The summed E-state index contributed by atoms with van der Waals surface area (Å²) < 4.78 is 2.80. The van der Waals surface area contributed by atoms with Crippen molar-refractivity contribution < 1.29 is 4.79 Å². The van der Waals surface area contributed by atoms with Gasteiger partial charge in [-0.1, -0.05) is 22.0 Å². The third kappa shape index (κ3) is 3.33. The maximum Gasteiger partial charge on any atom is 0.257 e. The molecule has 3 rings (SSSR count). The highest BCUT2D eigenvalue weighted by Gasteiger charge is 2.25. The molecule has 0 bridgehead atoms. The van der Waals surface area contributed by atoms with E-state index in [1.807, 2.05) is 47.8 Å². The number of hydrogen-bond acceptors (Lipinski definition) is 3. The summed E-state index contributed by atoms with van der Waals surface area (Å²) in [7, 11) is 1.90. The molecule has 1 aromatic heterocycles. The molecule has 0 saturated carbocycles. The first-order valence-corrected chi connectivity index (χ1v) is 8.65. The van der Waals surface area contributed by atoms with Gasteiger partial charge in [0.2, 0.25) is 0 Å². The van der Waals surface area contributed by atoms with E-state index in [1.165, 1.54) is 0 Å². The summed E-state index contributed by atoms with van der Waals surface area (Å²) >= 11 is 3.47. The van der Waals surface area contributed by atoms with Crippen LogP contribution in [0.15, 0.2) is 34.9 Å². The Balaban J connectivity index is 1.85. The van der Waals surface area contributed by atoms with E-state index in [1.54, 1.807) is 6.20 Å². The van der Waals surface area contributed by atoms with Gasteiger partial charge in [-0.15, -0.1) is 0 Å². The second kappa shape index (κ2) is 6.84. The minimum absolute atomic E-state index is 0.0515. The minimum Gasteiger partial charge on any atom is -0.339 e. The molecule has 1 N–H and O–H groups in total. The average molecular weight is 377 g/mol. The van der Waals surface area contributed by atoms with Gasteiger partial charge >= 0.3 is 0 Å². The molecule has 1 aliphatic heterocycles. The topological polar surface area (TPSA) is 50.2 Å². The van der Waals surface area contributed by atoms with E-state index in [2.05, 4.69) is 26.3 Å². The van der Waals surface area contributed by atoms with E-state index in [-0.39, 0.29) is 5.91 Å². The average Bonchev–Trinajstić information content (AvgIpc) is 2.96. The third-order valence-corrected chi connectivity index (χ3v) is 4.96. The Labute approximate surface area is 144 Å². The number of carbonyl (C=O) groups excluding carboxylic acids is 1. The summed E-state index contributed by atoms with van der Waals surface area (Å²) in [6.07, 6.45) is 3.68. The molecule has 1 aromatic carbocycles. The number of nitrogens with one attached hydrogen (secondary N) is 1. The summed E-state index contributed by atoms with van der Waals surface area (Å²) in [5.74, 6) is 0.0515. The van der Waals surface area contributed by atoms with Gasteiger partial charge in [0.25, 0.3) is 5.91 Å². The maximum absolute atomic E-state index is 12.8. The molecule has 2 heterocycles. The Morgan fingerprint density at radius 2 is 2.13 bits per heavy atom. The van der Waals surface area contributed by atoms with Crippen LogP contribution in [0.5, 0.6) is 0 Å². The predicted octanol–water partition coefficient (Wildman–Crippen LogP) is 2.77. The first-order valence-electron chi connectivity index (χ1n) is 7.86. The lowest BCUT2D eigenvalue weighted by atomic mass is 10.0. The van der Waals surface area contributed by atoms with Gasteiger partial charge in [0, 0.05) is 17.6 Å². The molecule has 23 heavy (non-hydrogen) atoms. The molecule has 1 aliphatic rings. The van der Waals surface area contributed by atoms with Gasteiger partial charge in [-0.2, -0.15) is 5.10 Å². The van der Waals surface area contributed by atoms with Gasteiger partial charge in [-0.25, -0.2) is 4.68 Å². The summed E-state index contributed by atoms with van der Waals surface area (Å²) in [4.78, 5) is 14.7. The van der Waals surface area contributed by atoms with Crippen molar-refractivity contribution in [2.45, 2.75) is 25.8 Å². The van der Waals surface area contributed by atoms with Gasteiger partial charge in [0.05, 0.1) is 23.1 Å². The number of halogens is 1. The summed E-state index contributed by atoms with van der Waals surface area (Å²) in [5.41, 5.74) is 2.49. The predicted molar refractivity (Wildman–Crippen MR) is 94.0 cm³/mol. The minimum atomic E-state index is 0.0515. The number of aromatic nitrogens is 2. The number of amides is 1. The molecule has 0 aliphatic carbocycles. The summed E-state index contributed by atoms with van der Waals surface area (Å²) in [6, 6.07) is 8.21. The molecule has 1 saturated heterocycles. The Bertz CT molecular complexity index is 706. The largest absolute Gasteiger partial charge is 0.339 e. The molecule has 1 fully saturated rings. The molecule has 6 heteroatoms. The number of hydrogen-bond donors (Lipinski definition) is 1. The van der Waals surface area contributed by atoms with E-state index in [4.69, 9.17) is 0 Å². The van der Waals surface area contributed by atoms with Gasteiger partial charge in [-0.05, 0) is 51.1 Å². The summed E-state index contributed by atoms with van der Waals surface area (Å²) in [5, 5.41) is 7.74. The fraction of sp³-hybridized carbons (Fsp3) is 0.412. The lowest BCUT2D eigenvalue weighted by Crippen LogP contribution is -2.44. The monoisotopic (exact) mass is 376 g/mol. The Morgan fingerprint density at radius 1 is 1.39 bits per heavy atom. The third-order valence-electron chi connectivity index (χ3n) is 4.47. The van der Waals surface area contributed by atoms with Crippen molar-refractivity contribution in [1.29, 1.82) is 0 Å². The summed E-state index contributed by atoms with van der Waals surface area (Å²) in [6.45, 7) is 3.88. The fourth-order valence-electron chi connectivity index (χ4n) is 3.04. The van der Waals surface area contributed by atoms with Gasteiger partial charge < -0.3 is 10.2 Å².